The molecule has 0 amide bonds. The molecule has 0 radical (unpaired) electrons. The van der Waals surface area contributed by atoms with Gasteiger partial charge in [-0.25, -0.2) is 0 Å². The fourth-order valence-corrected chi connectivity index (χ4v) is 2.34. The average Bonchev–Trinajstić information content (AvgIpc) is 2.72. The Balaban J connectivity index is 1.89. The molecular formula is C14H21NO2. The minimum absolute atomic E-state index is 0.170. The van der Waals surface area contributed by atoms with Crippen molar-refractivity contribution in [1.82, 2.24) is 5.32 Å². The normalized spacial score (nSPS) is 26.0. The van der Waals surface area contributed by atoms with Crippen LogP contribution in [0, 0.1) is 5.92 Å². The SMILES string of the molecule is CC(NCC1CCOC1C)c1ccccc1O. The number of aromatic hydroxyl groups is 1. The van der Waals surface area contributed by atoms with Gasteiger partial charge in [0, 0.05) is 24.8 Å². The summed E-state index contributed by atoms with van der Waals surface area (Å²) < 4.78 is 5.54. The molecular weight excluding hydrogens is 214 g/mol. The first-order valence-electron chi connectivity index (χ1n) is 6.31. The highest BCUT2D eigenvalue weighted by atomic mass is 16.5. The molecule has 2 N–H and O–H groups in total. The monoisotopic (exact) mass is 235 g/mol. The minimum atomic E-state index is 0.170. The first-order chi connectivity index (χ1) is 8.18. The van der Waals surface area contributed by atoms with Crippen LogP contribution < -0.4 is 5.32 Å². The molecule has 2 rings (SSSR count). The van der Waals surface area contributed by atoms with Crippen molar-refractivity contribution in [2.45, 2.75) is 32.4 Å². The number of para-hydroxylation sites is 1. The molecule has 1 saturated heterocycles. The van der Waals surface area contributed by atoms with Gasteiger partial charge in [0.25, 0.3) is 0 Å². The minimum Gasteiger partial charge on any atom is -0.508 e. The number of ether oxygens (including phenoxy) is 1. The maximum absolute atomic E-state index is 9.76. The Morgan fingerprint density at radius 2 is 2.24 bits per heavy atom. The molecule has 1 fully saturated rings. The van der Waals surface area contributed by atoms with Gasteiger partial charge in [0.05, 0.1) is 6.10 Å². The van der Waals surface area contributed by atoms with Crippen LogP contribution in [0.1, 0.15) is 31.9 Å². The van der Waals surface area contributed by atoms with Gasteiger partial charge in [0.2, 0.25) is 0 Å². The number of phenols is 1. The van der Waals surface area contributed by atoms with E-state index >= 15 is 0 Å². The standard InChI is InChI=1S/C14H21NO2/c1-10(13-5-3-4-6-14(13)16)15-9-12-7-8-17-11(12)2/h3-6,10-12,15-16H,7-9H2,1-2H3. The van der Waals surface area contributed by atoms with Gasteiger partial charge in [-0.05, 0) is 32.3 Å². The van der Waals surface area contributed by atoms with Crippen molar-refractivity contribution < 1.29 is 9.84 Å². The van der Waals surface area contributed by atoms with E-state index in [1.807, 2.05) is 18.2 Å². The Hall–Kier alpha value is -1.06. The summed E-state index contributed by atoms with van der Waals surface area (Å²) in [7, 11) is 0. The molecule has 0 saturated carbocycles. The van der Waals surface area contributed by atoms with E-state index < -0.39 is 0 Å². The van der Waals surface area contributed by atoms with Gasteiger partial charge in [-0.2, -0.15) is 0 Å². The van der Waals surface area contributed by atoms with Crippen molar-refractivity contribution in [2.24, 2.45) is 5.92 Å². The maximum atomic E-state index is 9.76. The quantitative estimate of drug-likeness (QED) is 0.842. The third-order valence-electron chi connectivity index (χ3n) is 3.62. The van der Waals surface area contributed by atoms with E-state index in [1.165, 1.54) is 0 Å². The van der Waals surface area contributed by atoms with Gasteiger partial charge >= 0.3 is 0 Å². The van der Waals surface area contributed by atoms with Crippen LogP contribution in [-0.4, -0.2) is 24.4 Å². The second kappa shape index (κ2) is 5.52. The highest BCUT2D eigenvalue weighted by Crippen LogP contribution is 2.25. The van der Waals surface area contributed by atoms with Crippen molar-refractivity contribution in [1.29, 1.82) is 0 Å². The van der Waals surface area contributed by atoms with E-state index in [-0.39, 0.29) is 6.04 Å². The van der Waals surface area contributed by atoms with Crippen molar-refractivity contribution in [3.8, 4) is 5.75 Å². The van der Waals surface area contributed by atoms with Crippen LogP contribution in [0.4, 0.5) is 0 Å². The largest absolute Gasteiger partial charge is 0.508 e. The van der Waals surface area contributed by atoms with Gasteiger partial charge in [-0.15, -0.1) is 0 Å². The first kappa shape index (κ1) is 12.4. The Labute approximate surface area is 103 Å². The lowest BCUT2D eigenvalue weighted by Gasteiger charge is -2.20. The third kappa shape index (κ3) is 2.99. The fraction of sp³-hybridized carbons (Fsp3) is 0.571. The van der Waals surface area contributed by atoms with E-state index in [0.29, 0.717) is 17.8 Å². The number of hydrogen-bond donors (Lipinski definition) is 2. The van der Waals surface area contributed by atoms with Crippen molar-refractivity contribution >= 4 is 0 Å². The highest BCUT2D eigenvalue weighted by Gasteiger charge is 2.24. The Kier molecular flexibility index (Phi) is 4.02. The first-order valence-corrected chi connectivity index (χ1v) is 6.31. The summed E-state index contributed by atoms with van der Waals surface area (Å²) in [5.41, 5.74) is 0.957. The van der Waals surface area contributed by atoms with Gasteiger partial charge < -0.3 is 15.2 Å². The zero-order chi connectivity index (χ0) is 12.3. The van der Waals surface area contributed by atoms with Crippen molar-refractivity contribution in [3.05, 3.63) is 29.8 Å². The summed E-state index contributed by atoms with van der Waals surface area (Å²) in [5.74, 6) is 0.950. The molecule has 0 spiro atoms. The molecule has 3 unspecified atom stereocenters. The molecule has 1 aromatic rings. The lowest BCUT2D eigenvalue weighted by Crippen LogP contribution is -2.29. The summed E-state index contributed by atoms with van der Waals surface area (Å²) in [4.78, 5) is 0. The topological polar surface area (TPSA) is 41.5 Å². The second-order valence-electron chi connectivity index (χ2n) is 4.81. The number of nitrogens with one attached hydrogen (secondary N) is 1. The molecule has 1 aliphatic heterocycles. The average molecular weight is 235 g/mol. The van der Waals surface area contributed by atoms with Crippen LogP contribution in [-0.2, 0) is 4.74 Å². The number of hydrogen-bond acceptors (Lipinski definition) is 3. The summed E-state index contributed by atoms with van der Waals surface area (Å²) >= 11 is 0. The molecule has 94 valence electrons. The van der Waals surface area contributed by atoms with Crippen molar-refractivity contribution in [3.63, 3.8) is 0 Å². The molecule has 1 heterocycles. The van der Waals surface area contributed by atoms with E-state index in [4.69, 9.17) is 4.74 Å². The summed E-state index contributed by atoms with van der Waals surface area (Å²) in [5, 5.41) is 13.2. The molecule has 17 heavy (non-hydrogen) atoms. The van der Waals surface area contributed by atoms with Crippen LogP contribution in [0.25, 0.3) is 0 Å². The fourth-order valence-electron chi connectivity index (χ4n) is 2.34. The number of phenolic OH excluding ortho intramolecular Hbond substituents is 1. The van der Waals surface area contributed by atoms with Crippen LogP contribution in [0.15, 0.2) is 24.3 Å². The Morgan fingerprint density at radius 1 is 1.47 bits per heavy atom. The van der Waals surface area contributed by atoms with Crippen LogP contribution in [0.3, 0.4) is 0 Å². The molecule has 1 aliphatic rings. The maximum Gasteiger partial charge on any atom is 0.120 e. The zero-order valence-corrected chi connectivity index (χ0v) is 10.5. The molecule has 0 aromatic heterocycles. The lowest BCUT2D eigenvalue weighted by atomic mass is 10.0. The van der Waals surface area contributed by atoms with Crippen LogP contribution in [0.5, 0.6) is 5.75 Å². The number of benzene rings is 1. The Bertz CT molecular complexity index is 367. The number of rotatable bonds is 4. The van der Waals surface area contributed by atoms with Gasteiger partial charge in [0.15, 0.2) is 0 Å². The lowest BCUT2D eigenvalue weighted by molar-refractivity contribution is 0.105. The van der Waals surface area contributed by atoms with Crippen LogP contribution >= 0.6 is 0 Å². The molecule has 0 bridgehead atoms. The second-order valence-corrected chi connectivity index (χ2v) is 4.81. The Morgan fingerprint density at radius 3 is 2.88 bits per heavy atom. The van der Waals surface area contributed by atoms with E-state index in [0.717, 1.165) is 25.1 Å². The summed E-state index contributed by atoms with van der Waals surface area (Å²) in [6, 6.07) is 7.66. The van der Waals surface area contributed by atoms with Gasteiger partial charge in [0.1, 0.15) is 5.75 Å². The van der Waals surface area contributed by atoms with Crippen molar-refractivity contribution in [2.75, 3.05) is 13.2 Å². The predicted molar refractivity (Wildman–Crippen MR) is 68.0 cm³/mol. The van der Waals surface area contributed by atoms with Gasteiger partial charge in [-0.3, -0.25) is 0 Å². The van der Waals surface area contributed by atoms with E-state index in [1.54, 1.807) is 6.07 Å². The highest BCUT2D eigenvalue weighted by molar-refractivity contribution is 5.34. The molecule has 3 nitrogen and oxygen atoms in total. The van der Waals surface area contributed by atoms with E-state index in [9.17, 15) is 5.11 Å². The molecule has 3 atom stereocenters. The van der Waals surface area contributed by atoms with Crippen LogP contribution in [0.2, 0.25) is 0 Å². The summed E-state index contributed by atoms with van der Waals surface area (Å²) in [6.07, 6.45) is 1.47. The van der Waals surface area contributed by atoms with Gasteiger partial charge in [-0.1, -0.05) is 18.2 Å². The van der Waals surface area contributed by atoms with E-state index in [2.05, 4.69) is 19.2 Å². The smallest absolute Gasteiger partial charge is 0.120 e. The molecule has 0 aliphatic carbocycles. The molecule has 3 heteroatoms. The third-order valence-corrected chi connectivity index (χ3v) is 3.62. The molecule has 1 aromatic carbocycles. The predicted octanol–water partition coefficient (Wildman–Crippen LogP) is 2.47. The zero-order valence-electron chi connectivity index (χ0n) is 10.5. The summed E-state index contributed by atoms with van der Waals surface area (Å²) in [6.45, 7) is 6.02.